The van der Waals surface area contributed by atoms with Gasteiger partial charge in [-0.05, 0) is 36.8 Å². The summed E-state index contributed by atoms with van der Waals surface area (Å²) in [6.45, 7) is 2.73. The number of carbonyl (C=O) groups is 2. The second kappa shape index (κ2) is 12.0. The van der Waals surface area contributed by atoms with E-state index in [1.165, 1.54) is 18.9 Å². The lowest BCUT2D eigenvalue weighted by Gasteiger charge is -2.12. The number of unbranched alkanes of at least 4 members (excludes halogenated alkanes) is 1. The van der Waals surface area contributed by atoms with Crippen molar-refractivity contribution in [2.24, 2.45) is 0 Å². The summed E-state index contributed by atoms with van der Waals surface area (Å²) >= 11 is 1.30. The molecule has 1 aromatic heterocycles. The number of imidazole rings is 1. The van der Waals surface area contributed by atoms with Crippen LogP contribution in [0.25, 0.3) is 5.69 Å². The Bertz CT molecular complexity index is 1100. The van der Waals surface area contributed by atoms with Crippen molar-refractivity contribution in [3.8, 4) is 17.2 Å². The molecule has 0 aliphatic heterocycles. The van der Waals surface area contributed by atoms with Gasteiger partial charge in [0.15, 0.2) is 5.16 Å². The maximum atomic E-state index is 12.5. The third-order valence-corrected chi connectivity index (χ3v) is 5.79. The Morgan fingerprint density at radius 2 is 1.97 bits per heavy atom. The summed E-state index contributed by atoms with van der Waals surface area (Å²) < 4.78 is 12.4. The van der Waals surface area contributed by atoms with E-state index in [0.29, 0.717) is 34.5 Å². The lowest BCUT2D eigenvalue weighted by molar-refractivity contribution is -0.113. The van der Waals surface area contributed by atoms with E-state index in [2.05, 4.69) is 22.5 Å². The molecule has 1 heterocycles. The van der Waals surface area contributed by atoms with Crippen LogP contribution in [0, 0.1) is 0 Å². The minimum atomic E-state index is -0.193. The predicted molar refractivity (Wildman–Crippen MR) is 130 cm³/mol. The molecule has 0 spiro atoms. The van der Waals surface area contributed by atoms with Gasteiger partial charge >= 0.3 is 0 Å². The number of benzene rings is 2. The summed E-state index contributed by atoms with van der Waals surface area (Å²) in [6.07, 6.45) is 5.44. The van der Waals surface area contributed by atoms with Gasteiger partial charge in [-0.1, -0.05) is 31.2 Å². The van der Waals surface area contributed by atoms with Gasteiger partial charge in [0.25, 0.3) is 5.91 Å². The van der Waals surface area contributed by atoms with Crippen molar-refractivity contribution in [3.05, 3.63) is 60.4 Å². The predicted octanol–water partition coefficient (Wildman–Crippen LogP) is 4.15. The zero-order chi connectivity index (χ0) is 23.6. The summed E-state index contributed by atoms with van der Waals surface area (Å²) in [5.41, 5.74) is 1.95. The highest BCUT2D eigenvalue weighted by atomic mass is 32.2. The number of ether oxygens (including phenoxy) is 2. The van der Waals surface area contributed by atoms with Crippen LogP contribution >= 0.6 is 11.8 Å². The number of hydrogen-bond donors (Lipinski definition) is 2. The molecule has 8 nitrogen and oxygen atoms in total. The molecule has 2 aromatic carbocycles. The molecule has 0 aliphatic carbocycles. The minimum absolute atomic E-state index is 0.104. The van der Waals surface area contributed by atoms with Crippen molar-refractivity contribution in [2.45, 2.75) is 24.9 Å². The molecule has 2 amide bonds. The molecule has 9 heteroatoms. The zero-order valence-electron chi connectivity index (χ0n) is 19.0. The zero-order valence-corrected chi connectivity index (χ0v) is 19.8. The van der Waals surface area contributed by atoms with Crippen molar-refractivity contribution in [1.29, 1.82) is 0 Å². The van der Waals surface area contributed by atoms with Crippen LogP contribution < -0.4 is 20.1 Å². The number of anilines is 1. The lowest BCUT2D eigenvalue weighted by atomic mass is 10.2. The molecule has 3 rings (SSSR count). The molecule has 3 aromatic rings. The molecule has 0 atom stereocenters. The average molecular weight is 469 g/mol. The van der Waals surface area contributed by atoms with Crippen molar-refractivity contribution in [2.75, 3.05) is 31.8 Å². The van der Waals surface area contributed by atoms with Crippen molar-refractivity contribution >= 4 is 29.3 Å². The van der Waals surface area contributed by atoms with Crippen LogP contribution in [0.4, 0.5) is 5.69 Å². The molecule has 0 saturated heterocycles. The second-order valence-corrected chi connectivity index (χ2v) is 8.09. The van der Waals surface area contributed by atoms with Crippen LogP contribution in [0.2, 0.25) is 0 Å². The maximum Gasteiger partial charge on any atom is 0.251 e. The van der Waals surface area contributed by atoms with E-state index in [1.54, 1.807) is 43.8 Å². The molecule has 2 N–H and O–H groups in total. The van der Waals surface area contributed by atoms with Crippen LogP contribution in [0.5, 0.6) is 11.5 Å². The van der Waals surface area contributed by atoms with E-state index >= 15 is 0 Å². The fourth-order valence-electron chi connectivity index (χ4n) is 3.09. The Hall–Kier alpha value is -3.46. The normalized spacial score (nSPS) is 10.5. The first kappa shape index (κ1) is 24.2. The minimum Gasteiger partial charge on any atom is -0.497 e. The third-order valence-electron chi connectivity index (χ3n) is 4.82. The first-order chi connectivity index (χ1) is 16.0. The summed E-state index contributed by atoms with van der Waals surface area (Å²) in [4.78, 5) is 29.3. The molecule has 0 saturated carbocycles. The number of nitrogens with zero attached hydrogens (tertiary/aromatic N) is 2. The van der Waals surface area contributed by atoms with Gasteiger partial charge in [-0.25, -0.2) is 4.98 Å². The first-order valence-electron chi connectivity index (χ1n) is 10.6. The molecule has 0 radical (unpaired) electrons. The molecule has 174 valence electrons. The fourth-order valence-corrected chi connectivity index (χ4v) is 3.86. The van der Waals surface area contributed by atoms with E-state index in [1.807, 2.05) is 22.8 Å². The monoisotopic (exact) mass is 468 g/mol. The van der Waals surface area contributed by atoms with Crippen molar-refractivity contribution in [3.63, 3.8) is 0 Å². The van der Waals surface area contributed by atoms with Crippen molar-refractivity contribution < 1.29 is 19.1 Å². The molecular weight excluding hydrogens is 440 g/mol. The van der Waals surface area contributed by atoms with Crippen LogP contribution in [0.3, 0.4) is 0 Å². The van der Waals surface area contributed by atoms with Crippen LogP contribution in [-0.4, -0.2) is 47.9 Å². The van der Waals surface area contributed by atoms with Gasteiger partial charge in [0, 0.05) is 36.3 Å². The van der Waals surface area contributed by atoms with Gasteiger partial charge in [0.2, 0.25) is 5.91 Å². The maximum absolute atomic E-state index is 12.5. The highest BCUT2D eigenvalue weighted by Gasteiger charge is 2.13. The number of thioether (sulfide) groups is 1. The smallest absolute Gasteiger partial charge is 0.251 e. The van der Waals surface area contributed by atoms with Gasteiger partial charge in [-0.15, -0.1) is 0 Å². The number of methoxy groups -OCH3 is 2. The first-order valence-corrected chi connectivity index (χ1v) is 11.6. The third kappa shape index (κ3) is 6.52. The summed E-state index contributed by atoms with van der Waals surface area (Å²) in [5, 5.41) is 6.43. The molecule has 0 fully saturated rings. The quantitative estimate of drug-likeness (QED) is 0.324. The number of rotatable bonds is 11. The molecule has 0 aliphatic rings. The number of aromatic nitrogens is 2. The summed E-state index contributed by atoms with van der Waals surface area (Å²) in [7, 11) is 3.11. The fraction of sp³-hybridized carbons (Fsp3) is 0.292. The van der Waals surface area contributed by atoms with Crippen LogP contribution in [-0.2, 0) is 4.79 Å². The van der Waals surface area contributed by atoms with E-state index in [-0.39, 0.29) is 17.6 Å². The van der Waals surface area contributed by atoms with Gasteiger partial charge in [-0.2, -0.15) is 0 Å². The number of amides is 2. The van der Waals surface area contributed by atoms with E-state index in [4.69, 9.17) is 9.47 Å². The summed E-state index contributed by atoms with van der Waals surface area (Å²) in [5.74, 6) is 1.02. The van der Waals surface area contributed by atoms with E-state index in [9.17, 15) is 9.59 Å². The van der Waals surface area contributed by atoms with Gasteiger partial charge < -0.3 is 20.1 Å². The Morgan fingerprint density at radius 1 is 1.12 bits per heavy atom. The number of carbonyl (C=O) groups excluding carboxylic acids is 2. The van der Waals surface area contributed by atoms with Crippen LogP contribution in [0.15, 0.2) is 60.0 Å². The standard InChI is InChI=1S/C24H28N4O4S/c1-4-5-11-25-23(30)17-7-6-8-18(14-17)28-13-12-26-24(28)33-16-22(29)27-20-10-9-19(31-2)15-21(20)32-3/h6-10,12-15H,4-5,11,16H2,1-3H3,(H,25,30)(H,27,29). The molecular formula is C24H28N4O4S. The summed E-state index contributed by atoms with van der Waals surface area (Å²) in [6, 6.07) is 12.5. The highest BCUT2D eigenvalue weighted by Crippen LogP contribution is 2.29. The van der Waals surface area contributed by atoms with Crippen molar-refractivity contribution in [1.82, 2.24) is 14.9 Å². The Balaban J connectivity index is 1.65. The Kier molecular flexibility index (Phi) is 8.77. The van der Waals surface area contributed by atoms with E-state index < -0.39 is 0 Å². The topological polar surface area (TPSA) is 94.5 Å². The number of nitrogens with one attached hydrogen (secondary N) is 2. The molecule has 0 unspecified atom stereocenters. The highest BCUT2D eigenvalue weighted by molar-refractivity contribution is 7.99. The van der Waals surface area contributed by atoms with Gasteiger partial charge in [-0.3, -0.25) is 14.2 Å². The number of hydrogen-bond acceptors (Lipinski definition) is 6. The second-order valence-electron chi connectivity index (χ2n) is 7.14. The average Bonchev–Trinajstić information content (AvgIpc) is 3.32. The molecule has 33 heavy (non-hydrogen) atoms. The largest absolute Gasteiger partial charge is 0.497 e. The van der Waals surface area contributed by atoms with E-state index in [0.717, 1.165) is 18.5 Å². The van der Waals surface area contributed by atoms with Gasteiger partial charge in [0.05, 0.1) is 25.7 Å². The Labute approximate surface area is 197 Å². The SMILES string of the molecule is CCCCNC(=O)c1cccc(-n2ccnc2SCC(=O)Nc2ccc(OC)cc2OC)c1. The Morgan fingerprint density at radius 3 is 2.73 bits per heavy atom. The lowest BCUT2D eigenvalue weighted by Crippen LogP contribution is -2.24. The molecule has 0 bridgehead atoms. The van der Waals surface area contributed by atoms with Gasteiger partial charge in [0.1, 0.15) is 11.5 Å². The van der Waals surface area contributed by atoms with Crippen LogP contribution in [0.1, 0.15) is 30.1 Å².